The van der Waals surface area contributed by atoms with Crippen LogP contribution in [0.2, 0.25) is 0 Å². The predicted octanol–water partition coefficient (Wildman–Crippen LogP) is 2.26. The Morgan fingerprint density at radius 2 is 1.96 bits per heavy atom. The summed E-state index contributed by atoms with van der Waals surface area (Å²) in [7, 11) is 0. The number of nitrogens with one attached hydrogen (secondary N) is 2. The number of amides is 2. The van der Waals surface area contributed by atoms with E-state index in [0.717, 1.165) is 42.1 Å². The van der Waals surface area contributed by atoms with Gasteiger partial charge >= 0.3 is 0 Å². The second-order valence-electron chi connectivity index (χ2n) is 6.36. The van der Waals surface area contributed by atoms with Crippen LogP contribution in [0.4, 0.5) is 0 Å². The molecule has 0 saturated heterocycles. The van der Waals surface area contributed by atoms with Gasteiger partial charge in [0.05, 0.1) is 0 Å². The first-order chi connectivity index (χ1) is 11.1. The van der Waals surface area contributed by atoms with Crippen molar-refractivity contribution in [3.05, 3.63) is 36.0 Å². The lowest BCUT2D eigenvalue weighted by molar-refractivity contribution is -0.130. The molecule has 1 atom stereocenters. The second-order valence-corrected chi connectivity index (χ2v) is 6.36. The van der Waals surface area contributed by atoms with Gasteiger partial charge in [-0.05, 0) is 24.5 Å². The molecule has 5 nitrogen and oxygen atoms in total. The lowest BCUT2D eigenvalue weighted by Gasteiger charge is -2.23. The highest BCUT2D eigenvalue weighted by Crippen LogP contribution is 2.24. The predicted molar refractivity (Wildman–Crippen MR) is 89.7 cm³/mol. The van der Waals surface area contributed by atoms with Crippen LogP contribution in [-0.4, -0.2) is 22.8 Å². The van der Waals surface area contributed by atoms with Gasteiger partial charge in [0.2, 0.25) is 11.8 Å². The molecule has 0 aliphatic heterocycles. The molecule has 23 heavy (non-hydrogen) atoms. The van der Waals surface area contributed by atoms with Crippen LogP contribution in [-0.2, 0) is 16.0 Å². The standard InChI is InChI=1S/C18H23N3O2/c19-17(22)16(21-18(23)12-6-2-1-3-7-12)10-13-11-20-15-9-5-4-8-14(13)15/h4-5,8-9,11-12,16,20H,1-3,6-7,10H2,(H2,19,22)(H,21,23)/t16-/m0/s1. The van der Waals surface area contributed by atoms with E-state index in [-0.39, 0.29) is 11.8 Å². The molecule has 0 unspecified atom stereocenters. The Kier molecular flexibility index (Phi) is 4.65. The van der Waals surface area contributed by atoms with Crippen LogP contribution in [0.25, 0.3) is 10.9 Å². The molecule has 0 radical (unpaired) electrons. The van der Waals surface area contributed by atoms with E-state index in [2.05, 4.69) is 10.3 Å². The zero-order chi connectivity index (χ0) is 16.2. The molecule has 1 aliphatic rings. The van der Waals surface area contributed by atoms with Gasteiger partial charge in [0.1, 0.15) is 6.04 Å². The summed E-state index contributed by atoms with van der Waals surface area (Å²) in [5.74, 6) is -0.499. The molecule has 0 bridgehead atoms. The van der Waals surface area contributed by atoms with E-state index in [1.807, 2.05) is 30.5 Å². The van der Waals surface area contributed by atoms with Gasteiger partial charge in [0.25, 0.3) is 0 Å². The maximum atomic E-state index is 12.4. The minimum absolute atomic E-state index is 0.0218. The molecule has 1 aliphatic carbocycles. The van der Waals surface area contributed by atoms with Crippen molar-refractivity contribution in [2.75, 3.05) is 0 Å². The molecule has 3 rings (SSSR count). The Balaban J connectivity index is 1.71. The number of primary amides is 1. The van der Waals surface area contributed by atoms with E-state index in [0.29, 0.717) is 6.42 Å². The van der Waals surface area contributed by atoms with Crippen molar-refractivity contribution in [3.63, 3.8) is 0 Å². The SMILES string of the molecule is NC(=O)[C@H](Cc1c[nH]c2ccccc12)NC(=O)C1CCCCC1. The molecule has 2 aromatic rings. The van der Waals surface area contributed by atoms with Crippen molar-refractivity contribution in [1.29, 1.82) is 0 Å². The number of hydrogen-bond donors (Lipinski definition) is 3. The molecule has 122 valence electrons. The third-order valence-corrected chi connectivity index (χ3v) is 4.73. The minimum atomic E-state index is -0.663. The van der Waals surface area contributed by atoms with Crippen LogP contribution >= 0.6 is 0 Å². The maximum absolute atomic E-state index is 12.4. The maximum Gasteiger partial charge on any atom is 0.240 e. The topological polar surface area (TPSA) is 88.0 Å². The summed E-state index contributed by atoms with van der Waals surface area (Å²) in [4.78, 5) is 27.3. The third kappa shape index (κ3) is 3.55. The van der Waals surface area contributed by atoms with Crippen molar-refractivity contribution >= 4 is 22.7 Å². The van der Waals surface area contributed by atoms with Crippen LogP contribution in [0, 0.1) is 5.92 Å². The van der Waals surface area contributed by atoms with Crippen LogP contribution in [0.15, 0.2) is 30.5 Å². The molecule has 5 heteroatoms. The number of carbonyl (C=O) groups is 2. The van der Waals surface area contributed by atoms with E-state index in [1.54, 1.807) is 0 Å². The Morgan fingerprint density at radius 1 is 1.22 bits per heavy atom. The van der Waals surface area contributed by atoms with E-state index in [1.165, 1.54) is 6.42 Å². The fourth-order valence-corrected chi connectivity index (χ4v) is 3.40. The summed E-state index contributed by atoms with van der Waals surface area (Å²) in [6.07, 6.45) is 7.47. The number of rotatable bonds is 5. The number of H-pyrrole nitrogens is 1. The average Bonchev–Trinajstić information content (AvgIpc) is 2.98. The van der Waals surface area contributed by atoms with Crippen molar-refractivity contribution in [2.45, 2.75) is 44.6 Å². The molecule has 1 aromatic carbocycles. The molecule has 1 heterocycles. The summed E-state index contributed by atoms with van der Waals surface area (Å²) < 4.78 is 0. The molecular formula is C18H23N3O2. The van der Waals surface area contributed by atoms with Gasteiger partial charge < -0.3 is 16.0 Å². The number of aromatic amines is 1. The highest BCUT2D eigenvalue weighted by Gasteiger charge is 2.26. The van der Waals surface area contributed by atoms with E-state index >= 15 is 0 Å². The minimum Gasteiger partial charge on any atom is -0.368 e. The molecule has 0 spiro atoms. The number of aromatic nitrogens is 1. The van der Waals surface area contributed by atoms with Gasteiger partial charge in [-0.15, -0.1) is 0 Å². The number of hydrogen-bond acceptors (Lipinski definition) is 2. The molecule has 1 saturated carbocycles. The van der Waals surface area contributed by atoms with E-state index in [9.17, 15) is 9.59 Å². The van der Waals surface area contributed by atoms with Crippen LogP contribution in [0.3, 0.4) is 0 Å². The number of para-hydroxylation sites is 1. The van der Waals surface area contributed by atoms with Gasteiger partial charge in [0.15, 0.2) is 0 Å². The summed E-state index contributed by atoms with van der Waals surface area (Å²) in [6, 6.07) is 7.24. The first-order valence-electron chi connectivity index (χ1n) is 8.30. The van der Waals surface area contributed by atoms with Crippen LogP contribution in [0.1, 0.15) is 37.7 Å². The van der Waals surface area contributed by atoms with Gasteiger partial charge in [0, 0.05) is 29.4 Å². The number of carbonyl (C=O) groups excluding carboxylic acids is 2. The number of benzene rings is 1. The molecule has 4 N–H and O–H groups in total. The van der Waals surface area contributed by atoms with Gasteiger partial charge in [-0.2, -0.15) is 0 Å². The lowest BCUT2D eigenvalue weighted by atomic mass is 9.88. The van der Waals surface area contributed by atoms with Crippen LogP contribution in [0.5, 0.6) is 0 Å². The smallest absolute Gasteiger partial charge is 0.240 e. The monoisotopic (exact) mass is 313 g/mol. The van der Waals surface area contributed by atoms with Crippen molar-refractivity contribution < 1.29 is 9.59 Å². The first kappa shape index (κ1) is 15.6. The molecule has 1 aromatic heterocycles. The summed E-state index contributed by atoms with van der Waals surface area (Å²) >= 11 is 0. The fraction of sp³-hybridized carbons (Fsp3) is 0.444. The summed E-state index contributed by atoms with van der Waals surface area (Å²) in [6.45, 7) is 0. The molecule has 2 amide bonds. The fourth-order valence-electron chi connectivity index (χ4n) is 3.40. The first-order valence-corrected chi connectivity index (χ1v) is 8.30. The average molecular weight is 313 g/mol. The van der Waals surface area contributed by atoms with Gasteiger partial charge in [-0.3, -0.25) is 9.59 Å². The van der Waals surface area contributed by atoms with Crippen molar-refractivity contribution in [2.24, 2.45) is 11.7 Å². The molecular weight excluding hydrogens is 290 g/mol. The Hall–Kier alpha value is -2.30. The lowest BCUT2D eigenvalue weighted by Crippen LogP contribution is -2.48. The Bertz CT molecular complexity index is 701. The van der Waals surface area contributed by atoms with Crippen molar-refractivity contribution in [3.8, 4) is 0 Å². The zero-order valence-electron chi connectivity index (χ0n) is 13.2. The Morgan fingerprint density at radius 3 is 2.70 bits per heavy atom. The quantitative estimate of drug-likeness (QED) is 0.790. The highest BCUT2D eigenvalue weighted by molar-refractivity contribution is 5.89. The normalized spacial score (nSPS) is 17.0. The van der Waals surface area contributed by atoms with Crippen molar-refractivity contribution in [1.82, 2.24) is 10.3 Å². The summed E-state index contributed by atoms with van der Waals surface area (Å²) in [5, 5.41) is 3.92. The Labute approximate surface area is 135 Å². The molecule has 1 fully saturated rings. The van der Waals surface area contributed by atoms with Gasteiger partial charge in [-0.25, -0.2) is 0 Å². The largest absolute Gasteiger partial charge is 0.368 e. The number of fused-ring (bicyclic) bond motifs is 1. The highest BCUT2D eigenvalue weighted by atomic mass is 16.2. The number of nitrogens with two attached hydrogens (primary N) is 1. The van der Waals surface area contributed by atoms with E-state index < -0.39 is 11.9 Å². The summed E-state index contributed by atoms with van der Waals surface area (Å²) in [5.41, 5.74) is 7.52. The van der Waals surface area contributed by atoms with E-state index in [4.69, 9.17) is 5.73 Å². The van der Waals surface area contributed by atoms with Crippen LogP contribution < -0.4 is 11.1 Å². The zero-order valence-corrected chi connectivity index (χ0v) is 13.2. The van der Waals surface area contributed by atoms with Gasteiger partial charge in [-0.1, -0.05) is 37.5 Å². The second kappa shape index (κ2) is 6.86. The third-order valence-electron chi connectivity index (χ3n) is 4.73.